The minimum absolute atomic E-state index is 0.0469. The van der Waals surface area contributed by atoms with Gasteiger partial charge in [0, 0.05) is 12.8 Å². The number of aliphatic hydroxyl groups excluding tert-OH is 1. The van der Waals surface area contributed by atoms with Gasteiger partial charge in [-0.3, -0.25) is 0 Å². The molecule has 0 bridgehead atoms. The van der Waals surface area contributed by atoms with Crippen molar-refractivity contribution in [3.63, 3.8) is 0 Å². The molecule has 5 heteroatoms. The van der Waals surface area contributed by atoms with E-state index in [1.54, 1.807) is 0 Å². The van der Waals surface area contributed by atoms with Crippen LogP contribution >= 0.6 is 0 Å². The van der Waals surface area contributed by atoms with Crippen LogP contribution in [0.3, 0.4) is 0 Å². The van der Waals surface area contributed by atoms with Crippen LogP contribution in [-0.2, 0) is 12.8 Å². The van der Waals surface area contributed by atoms with Gasteiger partial charge in [-0.25, -0.2) is 0 Å². The first-order valence-electron chi connectivity index (χ1n) is 5.78. The second kappa shape index (κ2) is 6.60. The molecular formula is C11H21N3O2. The third-order valence-electron chi connectivity index (χ3n) is 2.45. The molecule has 0 aliphatic carbocycles. The number of rotatable bonds is 7. The van der Waals surface area contributed by atoms with Crippen LogP contribution in [0.25, 0.3) is 0 Å². The van der Waals surface area contributed by atoms with E-state index in [-0.39, 0.29) is 6.61 Å². The van der Waals surface area contributed by atoms with Gasteiger partial charge < -0.3 is 15.4 Å². The lowest BCUT2D eigenvalue weighted by Crippen LogP contribution is -2.19. The van der Waals surface area contributed by atoms with Gasteiger partial charge in [-0.2, -0.15) is 4.98 Å². The summed E-state index contributed by atoms with van der Waals surface area (Å²) in [6.45, 7) is 5.03. The first kappa shape index (κ1) is 13.1. The predicted molar refractivity (Wildman–Crippen MR) is 60.8 cm³/mol. The van der Waals surface area contributed by atoms with Crippen LogP contribution in [0.4, 0.5) is 0 Å². The molecule has 3 N–H and O–H groups in total. The number of hydrogen-bond donors (Lipinski definition) is 2. The lowest BCUT2D eigenvalue weighted by Gasteiger charge is -2.14. The Bertz CT molecular complexity index is 299. The van der Waals surface area contributed by atoms with Crippen LogP contribution < -0.4 is 5.73 Å². The molecule has 1 aromatic heterocycles. The van der Waals surface area contributed by atoms with Gasteiger partial charge in [-0.05, 0) is 24.8 Å². The molecule has 16 heavy (non-hydrogen) atoms. The zero-order chi connectivity index (χ0) is 12.0. The maximum atomic E-state index is 8.73. The molecule has 0 aliphatic rings. The fourth-order valence-corrected chi connectivity index (χ4v) is 1.75. The van der Waals surface area contributed by atoms with Crippen molar-refractivity contribution in [2.24, 2.45) is 17.6 Å². The standard InChI is InChI=1S/C11H21N3O2/c1-8(2)5-9(7-12)6-11-13-10(3-4-15)14-16-11/h8-9,15H,3-7,12H2,1-2H3/t9-/m0/s1. The van der Waals surface area contributed by atoms with Crippen LogP contribution in [-0.4, -0.2) is 28.4 Å². The van der Waals surface area contributed by atoms with E-state index in [0.717, 1.165) is 12.8 Å². The number of aromatic nitrogens is 2. The van der Waals surface area contributed by atoms with Crippen LogP contribution in [0.5, 0.6) is 0 Å². The molecule has 0 aliphatic heterocycles. The summed E-state index contributed by atoms with van der Waals surface area (Å²) in [5.74, 6) is 2.20. The first-order valence-corrected chi connectivity index (χ1v) is 5.78. The molecule has 1 rings (SSSR count). The summed E-state index contributed by atoms with van der Waals surface area (Å²) in [6.07, 6.45) is 2.24. The van der Waals surface area contributed by atoms with Gasteiger partial charge in [0.2, 0.25) is 5.89 Å². The quantitative estimate of drug-likeness (QED) is 0.718. The van der Waals surface area contributed by atoms with Crippen molar-refractivity contribution in [1.29, 1.82) is 0 Å². The summed E-state index contributed by atoms with van der Waals surface area (Å²) >= 11 is 0. The Morgan fingerprint density at radius 2 is 2.19 bits per heavy atom. The van der Waals surface area contributed by atoms with Crippen molar-refractivity contribution in [3.8, 4) is 0 Å². The highest BCUT2D eigenvalue weighted by molar-refractivity contribution is 4.88. The molecule has 92 valence electrons. The summed E-state index contributed by atoms with van der Waals surface area (Å²) in [5.41, 5.74) is 5.70. The minimum Gasteiger partial charge on any atom is -0.396 e. The van der Waals surface area contributed by atoms with Crippen LogP contribution in [0.1, 0.15) is 32.0 Å². The van der Waals surface area contributed by atoms with E-state index < -0.39 is 0 Å². The summed E-state index contributed by atoms with van der Waals surface area (Å²) in [5, 5.41) is 12.5. The molecule has 0 spiro atoms. The second-order valence-electron chi connectivity index (χ2n) is 4.51. The maximum absolute atomic E-state index is 8.73. The molecule has 0 saturated heterocycles. The summed E-state index contributed by atoms with van der Waals surface area (Å²) in [7, 11) is 0. The van der Waals surface area contributed by atoms with Crippen molar-refractivity contribution in [3.05, 3.63) is 11.7 Å². The Labute approximate surface area is 96.0 Å². The minimum atomic E-state index is 0.0469. The topological polar surface area (TPSA) is 85.2 Å². The molecule has 0 radical (unpaired) electrons. The summed E-state index contributed by atoms with van der Waals surface area (Å²) < 4.78 is 5.10. The molecule has 1 atom stereocenters. The van der Waals surface area contributed by atoms with Gasteiger partial charge in [0.1, 0.15) is 0 Å². The Morgan fingerprint density at radius 3 is 2.75 bits per heavy atom. The highest BCUT2D eigenvalue weighted by Gasteiger charge is 2.14. The Balaban J connectivity index is 2.49. The molecule has 5 nitrogen and oxygen atoms in total. The fourth-order valence-electron chi connectivity index (χ4n) is 1.75. The van der Waals surface area contributed by atoms with Crippen LogP contribution in [0, 0.1) is 11.8 Å². The summed E-state index contributed by atoms with van der Waals surface area (Å²) in [4.78, 5) is 4.20. The molecule has 0 fully saturated rings. The van der Waals surface area contributed by atoms with Gasteiger partial charge in [-0.15, -0.1) is 0 Å². The number of hydrogen-bond acceptors (Lipinski definition) is 5. The van der Waals surface area contributed by atoms with Gasteiger partial charge in [0.05, 0.1) is 6.61 Å². The van der Waals surface area contributed by atoms with E-state index in [9.17, 15) is 0 Å². The van der Waals surface area contributed by atoms with E-state index in [0.29, 0.717) is 36.5 Å². The average Bonchev–Trinajstić information content (AvgIpc) is 2.64. The van der Waals surface area contributed by atoms with E-state index in [2.05, 4.69) is 24.0 Å². The second-order valence-corrected chi connectivity index (χ2v) is 4.51. The van der Waals surface area contributed by atoms with Crippen molar-refractivity contribution >= 4 is 0 Å². The zero-order valence-electron chi connectivity index (χ0n) is 10.0. The fraction of sp³-hybridized carbons (Fsp3) is 0.818. The highest BCUT2D eigenvalue weighted by atomic mass is 16.5. The Hall–Kier alpha value is -0.940. The van der Waals surface area contributed by atoms with Gasteiger partial charge in [-0.1, -0.05) is 19.0 Å². The summed E-state index contributed by atoms with van der Waals surface area (Å²) in [6, 6.07) is 0. The SMILES string of the molecule is CC(C)C[C@H](CN)Cc1nc(CCO)no1. The maximum Gasteiger partial charge on any atom is 0.226 e. The third kappa shape index (κ3) is 4.28. The molecule has 0 aromatic carbocycles. The Kier molecular flexibility index (Phi) is 5.42. The van der Waals surface area contributed by atoms with Crippen molar-refractivity contribution in [2.45, 2.75) is 33.1 Å². The third-order valence-corrected chi connectivity index (χ3v) is 2.45. The van der Waals surface area contributed by atoms with Gasteiger partial charge >= 0.3 is 0 Å². The van der Waals surface area contributed by atoms with E-state index in [4.69, 9.17) is 15.4 Å². The van der Waals surface area contributed by atoms with Crippen LogP contribution in [0.2, 0.25) is 0 Å². The molecule has 1 heterocycles. The Morgan fingerprint density at radius 1 is 1.44 bits per heavy atom. The molecular weight excluding hydrogens is 206 g/mol. The smallest absolute Gasteiger partial charge is 0.226 e. The van der Waals surface area contributed by atoms with Crippen molar-refractivity contribution in [2.75, 3.05) is 13.2 Å². The molecule has 1 aromatic rings. The lowest BCUT2D eigenvalue weighted by atomic mass is 9.94. The van der Waals surface area contributed by atoms with E-state index in [1.807, 2.05) is 0 Å². The van der Waals surface area contributed by atoms with Crippen molar-refractivity contribution < 1.29 is 9.63 Å². The highest BCUT2D eigenvalue weighted by Crippen LogP contribution is 2.15. The van der Waals surface area contributed by atoms with E-state index >= 15 is 0 Å². The average molecular weight is 227 g/mol. The number of nitrogens with zero attached hydrogens (tertiary/aromatic N) is 2. The monoisotopic (exact) mass is 227 g/mol. The van der Waals surface area contributed by atoms with Gasteiger partial charge in [0.25, 0.3) is 0 Å². The largest absolute Gasteiger partial charge is 0.396 e. The van der Waals surface area contributed by atoms with Crippen LogP contribution in [0.15, 0.2) is 4.52 Å². The molecule has 0 unspecified atom stereocenters. The lowest BCUT2D eigenvalue weighted by molar-refractivity contribution is 0.291. The molecule has 0 amide bonds. The normalized spacial score (nSPS) is 13.3. The first-order chi connectivity index (χ1) is 7.65. The van der Waals surface area contributed by atoms with E-state index in [1.165, 1.54) is 0 Å². The van der Waals surface area contributed by atoms with Crippen molar-refractivity contribution in [1.82, 2.24) is 10.1 Å². The number of aliphatic hydroxyl groups is 1. The van der Waals surface area contributed by atoms with Gasteiger partial charge in [0.15, 0.2) is 5.82 Å². The molecule has 0 saturated carbocycles. The zero-order valence-corrected chi connectivity index (χ0v) is 10.0. The predicted octanol–water partition coefficient (Wildman–Crippen LogP) is 0.768. The number of nitrogens with two attached hydrogens (primary N) is 1.